The zero-order valence-corrected chi connectivity index (χ0v) is 11.5. The lowest BCUT2D eigenvalue weighted by atomic mass is 10.2. The van der Waals surface area contributed by atoms with Gasteiger partial charge in [0.15, 0.2) is 11.5 Å². The van der Waals surface area contributed by atoms with E-state index in [1.54, 1.807) is 0 Å². The number of aliphatic hydroxyl groups excluding tert-OH is 1. The topological polar surface area (TPSA) is 79.8 Å². The Hall–Kier alpha value is -1.95. The summed E-state index contributed by atoms with van der Waals surface area (Å²) in [5.41, 5.74) is 0.932. The van der Waals surface area contributed by atoms with E-state index in [4.69, 9.17) is 14.6 Å². The largest absolute Gasteiger partial charge is 0.486 e. The molecule has 1 heterocycles. The number of aliphatic hydroxyl groups is 1. The normalized spacial score (nSPS) is 14.5. The van der Waals surface area contributed by atoms with E-state index in [-0.39, 0.29) is 18.7 Å². The van der Waals surface area contributed by atoms with Crippen LogP contribution in [0.3, 0.4) is 0 Å². The Balaban J connectivity index is 1.86. The predicted molar refractivity (Wildman–Crippen MR) is 74.0 cm³/mol. The van der Waals surface area contributed by atoms with Gasteiger partial charge in [-0.2, -0.15) is 0 Å². The fourth-order valence-electron chi connectivity index (χ4n) is 1.89. The van der Waals surface area contributed by atoms with Gasteiger partial charge in [-0.3, -0.25) is 0 Å². The summed E-state index contributed by atoms with van der Waals surface area (Å²) in [6.45, 7) is 3.34. The van der Waals surface area contributed by atoms with Crippen molar-refractivity contribution in [1.82, 2.24) is 10.6 Å². The summed E-state index contributed by atoms with van der Waals surface area (Å²) in [6, 6.07) is 5.08. The molecule has 0 aromatic heterocycles. The number of ether oxygens (including phenoxy) is 2. The summed E-state index contributed by atoms with van der Waals surface area (Å²) in [5, 5.41) is 14.5. The van der Waals surface area contributed by atoms with Crippen LogP contribution in [-0.4, -0.2) is 37.0 Å². The molecule has 110 valence electrons. The third kappa shape index (κ3) is 3.77. The average molecular weight is 280 g/mol. The van der Waals surface area contributed by atoms with E-state index in [0.29, 0.717) is 31.9 Å². The zero-order valence-electron chi connectivity index (χ0n) is 11.5. The van der Waals surface area contributed by atoms with Crippen LogP contribution in [0, 0.1) is 0 Å². The smallest absolute Gasteiger partial charge is 0.315 e. The number of carbonyl (C=O) groups excluding carboxylic acids is 1. The molecule has 20 heavy (non-hydrogen) atoms. The van der Waals surface area contributed by atoms with Crippen LogP contribution in [0.1, 0.15) is 18.9 Å². The number of hydrogen-bond acceptors (Lipinski definition) is 4. The molecule has 0 saturated carbocycles. The lowest BCUT2D eigenvalue weighted by Gasteiger charge is -2.19. The lowest BCUT2D eigenvalue weighted by molar-refractivity contribution is 0.171. The van der Waals surface area contributed by atoms with Crippen molar-refractivity contribution in [1.29, 1.82) is 0 Å². The molecule has 2 rings (SSSR count). The van der Waals surface area contributed by atoms with Gasteiger partial charge in [0.25, 0.3) is 0 Å². The van der Waals surface area contributed by atoms with Crippen LogP contribution in [-0.2, 0) is 6.54 Å². The molecule has 0 aliphatic carbocycles. The van der Waals surface area contributed by atoms with Crippen LogP contribution in [0.25, 0.3) is 0 Å². The van der Waals surface area contributed by atoms with Gasteiger partial charge in [0.1, 0.15) is 13.2 Å². The van der Waals surface area contributed by atoms with Crippen LogP contribution in [0.4, 0.5) is 4.79 Å². The highest BCUT2D eigenvalue weighted by molar-refractivity contribution is 5.74. The molecule has 1 aromatic carbocycles. The van der Waals surface area contributed by atoms with Crippen LogP contribution >= 0.6 is 0 Å². The third-order valence-electron chi connectivity index (χ3n) is 3.11. The number of amides is 2. The van der Waals surface area contributed by atoms with Gasteiger partial charge in [0.2, 0.25) is 0 Å². The highest BCUT2D eigenvalue weighted by Crippen LogP contribution is 2.30. The Bertz CT molecular complexity index is 460. The Labute approximate surface area is 118 Å². The van der Waals surface area contributed by atoms with Crippen molar-refractivity contribution in [2.45, 2.75) is 25.9 Å². The van der Waals surface area contributed by atoms with Crippen molar-refractivity contribution < 1.29 is 19.4 Å². The summed E-state index contributed by atoms with van der Waals surface area (Å²) in [6.07, 6.45) is 0.688. The summed E-state index contributed by atoms with van der Waals surface area (Å²) >= 11 is 0. The molecule has 1 aliphatic heterocycles. The maximum Gasteiger partial charge on any atom is 0.315 e. The van der Waals surface area contributed by atoms with E-state index in [0.717, 1.165) is 11.3 Å². The number of fused-ring (bicyclic) bond motifs is 1. The molecule has 0 spiro atoms. The molecule has 0 unspecified atom stereocenters. The summed E-state index contributed by atoms with van der Waals surface area (Å²) in [5.74, 6) is 1.44. The monoisotopic (exact) mass is 280 g/mol. The van der Waals surface area contributed by atoms with E-state index in [9.17, 15) is 4.79 Å². The van der Waals surface area contributed by atoms with E-state index >= 15 is 0 Å². The Morgan fingerprint density at radius 2 is 2.10 bits per heavy atom. The number of carbonyl (C=O) groups is 1. The van der Waals surface area contributed by atoms with Crippen LogP contribution < -0.4 is 20.1 Å². The van der Waals surface area contributed by atoms with Crippen molar-refractivity contribution in [3.05, 3.63) is 23.8 Å². The Morgan fingerprint density at radius 1 is 1.35 bits per heavy atom. The second-order valence-electron chi connectivity index (χ2n) is 4.59. The first kappa shape index (κ1) is 14.5. The third-order valence-corrected chi connectivity index (χ3v) is 3.11. The molecule has 6 nitrogen and oxygen atoms in total. The van der Waals surface area contributed by atoms with Gasteiger partial charge >= 0.3 is 6.03 Å². The number of rotatable bonds is 5. The standard InChI is InChI=1S/C14H20N2O4/c1-2-11(9-17)16-14(18)15-8-10-3-4-12-13(7-10)20-6-5-19-12/h3-4,7,11,17H,2,5-6,8-9H2,1H3,(H2,15,16,18)/t11-/m0/s1. The van der Waals surface area contributed by atoms with Gasteiger partial charge in [-0.25, -0.2) is 4.79 Å². The fourth-order valence-corrected chi connectivity index (χ4v) is 1.89. The zero-order chi connectivity index (χ0) is 14.4. The second-order valence-corrected chi connectivity index (χ2v) is 4.59. The second kappa shape index (κ2) is 7.00. The maximum absolute atomic E-state index is 11.6. The number of hydrogen-bond donors (Lipinski definition) is 3. The number of benzene rings is 1. The van der Waals surface area contributed by atoms with Gasteiger partial charge in [-0.1, -0.05) is 13.0 Å². The average Bonchev–Trinajstić information content (AvgIpc) is 2.50. The molecule has 0 saturated heterocycles. The molecular formula is C14H20N2O4. The summed E-state index contributed by atoms with van der Waals surface area (Å²) < 4.78 is 10.9. The fraction of sp³-hybridized carbons (Fsp3) is 0.500. The van der Waals surface area contributed by atoms with Gasteiger partial charge in [-0.15, -0.1) is 0 Å². The molecule has 1 aliphatic rings. The quantitative estimate of drug-likeness (QED) is 0.752. The first-order valence-corrected chi connectivity index (χ1v) is 6.76. The molecule has 1 atom stereocenters. The van der Waals surface area contributed by atoms with Crippen molar-refractivity contribution >= 4 is 6.03 Å². The van der Waals surface area contributed by atoms with Crippen molar-refractivity contribution in [3.8, 4) is 11.5 Å². The number of nitrogens with one attached hydrogen (secondary N) is 2. The highest BCUT2D eigenvalue weighted by Gasteiger charge is 2.12. The first-order valence-electron chi connectivity index (χ1n) is 6.76. The van der Waals surface area contributed by atoms with Crippen LogP contribution in [0.15, 0.2) is 18.2 Å². The Kier molecular flexibility index (Phi) is 5.06. The van der Waals surface area contributed by atoms with E-state index < -0.39 is 0 Å². The molecule has 3 N–H and O–H groups in total. The van der Waals surface area contributed by atoms with Crippen molar-refractivity contribution in [3.63, 3.8) is 0 Å². The first-order chi connectivity index (χ1) is 9.72. The van der Waals surface area contributed by atoms with Crippen molar-refractivity contribution in [2.75, 3.05) is 19.8 Å². The summed E-state index contributed by atoms with van der Waals surface area (Å²) in [7, 11) is 0. The molecule has 0 bridgehead atoms. The minimum absolute atomic E-state index is 0.0616. The van der Waals surface area contributed by atoms with Crippen LogP contribution in [0.2, 0.25) is 0 Å². The Morgan fingerprint density at radius 3 is 2.80 bits per heavy atom. The van der Waals surface area contributed by atoms with Gasteiger partial charge < -0.3 is 25.2 Å². The molecule has 1 aromatic rings. The van der Waals surface area contributed by atoms with E-state index in [1.165, 1.54) is 0 Å². The molecular weight excluding hydrogens is 260 g/mol. The number of urea groups is 1. The van der Waals surface area contributed by atoms with Gasteiger partial charge in [-0.05, 0) is 24.1 Å². The minimum Gasteiger partial charge on any atom is -0.486 e. The van der Waals surface area contributed by atoms with E-state index in [2.05, 4.69) is 10.6 Å². The molecule has 0 fully saturated rings. The lowest BCUT2D eigenvalue weighted by Crippen LogP contribution is -2.43. The molecule has 0 radical (unpaired) electrons. The van der Waals surface area contributed by atoms with Gasteiger partial charge in [0, 0.05) is 6.54 Å². The minimum atomic E-state index is -0.291. The van der Waals surface area contributed by atoms with E-state index in [1.807, 2.05) is 25.1 Å². The van der Waals surface area contributed by atoms with Crippen molar-refractivity contribution in [2.24, 2.45) is 0 Å². The summed E-state index contributed by atoms with van der Waals surface area (Å²) in [4.78, 5) is 11.6. The predicted octanol–water partition coefficient (Wildman–Crippen LogP) is 1.03. The molecule has 2 amide bonds. The molecule has 6 heteroatoms. The van der Waals surface area contributed by atoms with Gasteiger partial charge in [0.05, 0.1) is 12.6 Å². The highest BCUT2D eigenvalue weighted by atomic mass is 16.6. The SMILES string of the molecule is CC[C@@H](CO)NC(=O)NCc1ccc2c(c1)OCCO2. The maximum atomic E-state index is 11.6. The van der Waals surface area contributed by atoms with Crippen LogP contribution in [0.5, 0.6) is 11.5 Å².